The molecule has 148 valence electrons. The van der Waals surface area contributed by atoms with Crippen molar-refractivity contribution in [3.05, 3.63) is 35.2 Å². The van der Waals surface area contributed by atoms with Gasteiger partial charge in [-0.1, -0.05) is 23.9 Å². The summed E-state index contributed by atoms with van der Waals surface area (Å²) in [7, 11) is 0. The van der Waals surface area contributed by atoms with Gasteiger partial charge in [-0.15, -0.1) is 10.2 Å². The fraction of sp³-hybridized carbons (Fsp3) is 0.500. The summed E-state index contributed by atoms with van der Waals surface area (Å²) in [4.78, 5) is 24.3. The van der Waals surface area contributed by atoms with E-state index in [0.717, 1.165) is 40.6 Å². The van der Waals surface area contributed by atoms with Crippen molar-refractivity contribution in [2.45, 2.75) is 56.6 Å². The second-order valence-electron chi connectivity index (χ2n) is 7.58. The monoisotopic (exact) mass is 399 g/mol. The van der Waals surface area contributed by atoms with Crippen LogP contribution in [-0.2, 0) is 9.59 Å². The molecular formula is C20H25N5O2S. The predicted molar refractivity (Wildman–Crippen MR) is 109 cm³/mol. The van der Waals surface area contributed by atoms with E-state index < -0.39 is 0 Å². The van der Waals surface area contributed by atoms with Crippen molar-refractivity contribution in [2.75, 3.05) is 17.6 Å². The normalized spacial score (nSPS) is 16.1. The van der Waals surface area contributed by atoms with Gasteiger partial charge >= 0.3 is 0 Å². The Morgan fingerprint density at radius 2 is 1.93 bits per heavy atom. The highest BCUT2D eigenvalue weighted by atomic mass is 32.2. The molecule has 0 bridgehead atoms. The summed E-state index contributed by atoms with van der Waals surface area (Å²) in [5.41, 5.74) is 2.92. The topological polar surface area (TPSA) is 88.9 Å². The van der Waals surface area contributed by atoms with Crippen molar-refractivity contribution >= 4 is 29.3 Å². The van der Waals surface area contributed by atoms with Gasteiger partial charge in [-0.3, -0.25) is 9.59 Å². The molecule has 7 nitrogen and oxygen atoms in total. The zero-order valence-electron chi connectivity index (χ0n) is 16.2. The Bertz CT molecular complexity index is 902. The maximum atomic E-state index is 12.2. The first kappa shape index (κ1) is 19.0. The lowest BCUT2D eigenvalue weighted by Crippen LogP contribution is -2.34. The van der Waals surface area contributed by atoms with E-state index in [1.807, 2.05) is 32.0 Å². The minimum atomic E-state index is -0.232. The summed E-state index contributed by atoms with van der Waals surface area (Å²) in [5.74, 6) is 1.44. The number of thioether (sulfide) groups is 1. The number of nitrogens with zero attached hydrogens (tertiary/aromatic N) is 3. The number of aryl methyl sites for hydroxylation is 1. The number of nitrogens with one attached hydrogen (secondary N) is 2. The molecule has 28 heavy (non-hydrogen) atoms. The van der Waals surface area contributed by atoms with Gasteiger partial charge in [0.25, 0.3) is 0 Å². The van der Waals surface area contributed by atoms with E-state index >= 15 is 0 Å². The van der Waals surface area contributed by atoms with Gasteiger partial charge in [0.2, 0.25) is 11.8 Å². The van der Waals surface area contributed by atoms with Crippen LogP contribution in [0.25, 0.3) is 0 Å². The van der Waals surface area contributed by atoms with E-state index in [4.69, 9.17) is 0 Å². The zero-order chi connectivity index (χ0) is 19.7. The molecule has 1 aromatic carbocycles. The SMILES string of the molecule is Cc1cccc(NC(=O)CNC(=O)CSc2nnc(C3CC3)n2C2CC2)c1C. The van der Waals surface area contributed by atoms with Crippen molar-refractivity contribution in [1.82, 2.24) is 20.1 Å². The molecule has 0 radical (unpaired) electrons. The molecule has 8 heteroatoms. The molecule has 2 amide bonds. The quantitative estimate of drug-likeness (QED) is 0.666. The lowest BCUT2D eigenvalue weighted by atomic mass is 10.1. The third-order valence-corrected chi connectivity index (χ3v) is 6.15. The average molecular weight is 400 g/mol. The molecule has 1 aromatic heterocycles. The van der Waals surface area contributed by atoms with Crippen LogP contribution < -0.4 is 10.6 Å². The summed E-state index contributed by atoms with van der Waals surface area (Å²) in [6.45, 7) is 3.92. The Labute approximate surface area is 168 Å². The van der Waals surface area contributed by atoms with Crippen molar-refractivity contribution in [2.24, 2.45) is 0 Å². The van der Waals surface area contributed by atoms with Gasteiger partial charge in [0.15, 0.2) is 5.16 Å². The number of amides is 2. The van der Waals surface area contributed by atoms with Gasteiger partial charge in [-0.25, -0.2) is 0 Å². The molecule has 0 atom stereocenters. The molecule has 0 spiro atoms. The Morgan fingerprint density at radius 1 is 1.14 bits per heavy atom. The van der Waals surface area contributed by atoms with Gasteiger partial charge in [-0.2, -0.15) is 0 Å². The third kappa shape index (κ3) is 4.38. The molecule has 2 aliphatic carbocycles. The van der Waals surface area contributed by atoms with Crippen LogP contribution >= 0.6 is 11.8 Å². The maximum Gasteiger partial charge on any atom is 0.243 e. The van der Waals surface area contributed by atoms with E-state index in [1.165, 1.54) is 24.6 Å². The Morgan fingerprint density at radius 3 is 2.64 bits per heavy atom. The number of hydrogen-bond acceptors (Lipinski definition) is 5. The summed E-state index contributed by atoms with van der Waals surface area (Å²) < 4.78 is 2.23. The number of benzene rings is 1. The molecular weight excluding hydrogens is 374 g/mol. The summed E-state index contributed by atoms with van der Waals surface area (Å²) >= 11 is 1.40. The van der Waals surface area contributed by atoms with E-state index in [9.17, 15) is 9.59 Å². The first-order valence-electron chi connectivity index (χ1n) is 9.73. The largest absolute Gasteiger partial charge is 0.346 e. The first-order valence-corrected chi connectivity index (χ1v) is 10.7. The van der Waals surface area contributed by atoms with E-state index in [2.05, 4.69) is 25.4 Å². The minimum Gasteiger partial charge on any atom is -0.346 e. The van der Waals surface area contributed by atoms with Gasteiger partial charge in [-0.05, 0) is 56.7 Å². The van der Waals surface area contributed by atoms with Gasteiger partial charge in [0.05, 0.1) is 12.3 Å². The number of hydrogen-bond donors (Lipinski definition) is 2. The van der Waals surface area contributed by atoms with Crippen LogP contribution in [0.5, 0.6) is 0 Å². The number of carbonyl (C=O) groups is 2. The average Bonchev–Trinajstić information content (AvgIpc) is 3.61. The molecule has 2 fully saturated rings. The van der Waals surface area contributed by atoms with Crippen LogP contribution in [0.1, 0.15) is 54.6 Å². The van der Waals surface area contributed by atoms with E-state index in [-0.39, 0.29) is 24.1 Å². The van der Waals surface area contributed by atoms with Crippen LogP contribution in [0, 0.1) is 13.8 Å². The molecule has 2 saturated carbocycles. The molecule has 4 rings (SSSR count). The van der Waals surface area contributed by atoms with Crippen molar-refractivity contribution in [3.63, 3.8) is 0 Å². The van der Waals surface area contributed by atoms with Crippen molar-refractivity contribution in [1.29, 1.82) is 0 Å². The van der Waals surface area contributed by atoms with Crippen LogP contribution in [0.3, 0.4) is 0 Å². The number of carbonyl (C=O) groups excluding carboxylic acids is 2. The molecule has 2 aromatic rings. The number of aromatic nitrogens is 3. The first-order chi connectivity index (χ1) is 13.5. The molecule has 0 aliphatic heterocycles. The summed E-state index contributed by atoms with van der Waals surface area (Å²) in [6, 6.07) is 6.26. The van der Waals surface area contributed by atoms with Crippen molar-refractivity contribution < 1.29 is 9.59 Å². The van der Waals surface area contributed by atoms with E-state index in [0.29, 0.717) is 12.0 Å². The van der Waals surface area contributed by atoms with Gasteiger partial charge in [0.1, 0.15) is 5.82 Å². The number of anilines is 1. The fourth-order valence-electron chi connectivity index (χ4n) is 3.12. The molecule has 0 unspecified atom stereocenters. The second kappa shape index (κ2) is 7.95. The summed E-state index contributed by atoms with van der Waals surface area (Å²) in [5, 5.41) is 15.0. The third-order valence-electron chi connectivity index (χ3n) is 5.20. The predicted octanol–water partition coefficient (Wildman–Crippen LogP) is 2.95. The van der Waals surface area contributed by atoms with Crippen LogP contribution in [-0.4, -0.2) is 38.9 Å². The van der Waals surface area contributed by atoms with Gasteiger partial charge in [0, 0.05) is 17.6 Å². The Balaban J connectivity index is 1.26. The smallest absolute Gasteiger partial charge is 0.243 e. The zero-order valence-corrected chi connectivity index (χ0v) is 17.0. The molecule has 2 N–H and O–H groups in total. The maximum absolute atomic E-state index is 12.2. The number of rotatable bonds is 8. The minimum absolute atomic E-state index is 0.0462. The van der Waals surface area contributed by atoms with Crippen LogP contribution in [0.4, 0.5) is 5.69 Å². The highest BCUT2D eigenvalue weighted by molar-refractivity contribution is 7.99. The Kier molecular flexibility index (Phi) is 5.39. The molecule has 1 heterocycles. The molecule has 0 saturated heterocycles. The highest BCUT2D eigenvalue weighted by Gasteiger charge is 2.36. The standard InChI is InChI=1S/C20H25N5O2S/c1-12-4-3-5-16(13(12)2)22-17(26)10-21-18(27)11-28-20-24-23-19(14-6-7-14)25(20)15-8-9-15/h3-5,14-15H,6-11H2,1-2H3,(H,21,27)(H,22,26). The van der Waals surface area contributed by atoms with Crippen molar-refractivity contribution in [3.8, 4) is 0 Å². The fourth-order valence-corrected chi connectivity index (χ4v) is 3.97. The summed E-state index contributed by atoms with van der Waals surface area (Å²) in [6.07, 6.45) is 4.70. The highest BCUT2D eigenvalue weighted by Crippen LogP contribution is 2.45. The van der Waals surface area contributed by atoms with Crippen LogP contribution in [0.15, 0.2) is 23.4 Å². The van der Waals surface area contributed by atoms with Gasteiger partial charge < -0.3 is 15.2 Å². The van der Waals surface area contributed by atoms with E-state index in [1.54, 1.807) is 0 Å². The van der Waals surface area contributed by atoms with Crippen LogP contribution in [0.2, 0.25) is 0 Å². The Hall–Kier alpha value is -2.35. The lowest BCUT2D eigenvalue weighted by molar-refractivity contribution is -0.122. The second-order valence-corrected chi connectivity index (χ2v) is 8.52. The lowest BCUT2D eigenvalue weighted by Gasteiger charge is -2.11. The molecule has 2 aliphatic rings.